The molecule has 7 aromatic carbocycles. The normalized spacial score (nSPS) is 15.0. The van der Waals surface area contributed by atoms with Crippen LogP contribution in [0, 0.1) is 0 Å². The third-order valence-electron chi connectivity index (χ3n) is 8.48. The second kappa shape index (κ2) is 9.80. The zero-order valence-electron chi connectivity index (χ0n) is 22.7. The first-order chi connectivity index (χ1) is 20.3. The minimum Gasteiger partial charge on any atom is -0.379 e. The van der Waals surface area contributed by atoms with E-state index < -0.39 is 0 Å². The molecule has 0 radical (unpaired) electrons. The number of hydrogen-bond donors (Lipinski definition) is 1. The molecule has 1 N–H and O–H groups in total. The monoisotopic (exact) mass is 523 g/mol. The van der Waals surface area contributed by atoms with Gasteiger partial charge in [-0.2, -0.15) is 0 Å². The Balaban J connectivity index is 1.07. The molecule has 0 saturated carbocycles. The second-order valence-corrected chi connectivity index (χ2v) is 11.0. The summed E-state index contributed by atoms with van der Waals surface area (Å²) in [7, 11) is 0. The molecule has 1 aliphatic rings. The molecule has 0 bridgehead atoms. The lowest BCUT2D eigenvalue weighted by Crippen LogP contribution is -2.17. The van der Waals surface area contributed by atoms with Crippen LogP contribution in [0.2, 0.25) is 0 Å². The van der Waals surface area contributed by atoms with Crippen LogP contribution in [0.25, 0.3) is 59.8 Å². The largest absolute Gasteiger partial charge is 0.379 e. The van der Waals surface area contributed by atoms with Crippen molar-refractivity contribution in [2.75, 3.05) is 5.32 Å². The van der Waals surface area contributed by atoms with Crippen molar-refractivity contribution in [2.24, 2.45) is 0 Å². The molecule has 0 fully saturated rings. The Morgan fingerprint density at radius 1 is 0.512 bits per heavy atom. The van der Waals surface area contributed by atoms with E-state index in [1.807, 2.05) is 0 Å². The van der Waals surface area contributed by atoms with Gasteiger partial charge in [-0.05, 0) is 96.0 Å². The lowest BCUT2D eigenvalue weighted by atomic mass is 9.89. The van der Waals surface area contributed by atoms with E-state index >= 15 is 0 Å². The smallest absolute Gasteiger partial charge is 0.0482 e. The van der Waals surface area contributed by atoms with Crippen LogP contribution in [0.4, 0.5) is 5.69 Å². The average Bonchev–Trinajstić information content (AvgIpc) is 3.04. The maximum atomic E-state index is 3.74. The van der Waals surface area contributed by atoms with Gasteiger partial charge in [0, 0.05) is 11.7 Å². The highest BCUT2D eigenvalue weighted by Gasteiger charge is 2.15. The van der Waals surface area contributed by atoms with Gasteiger partial charge in [0.2, 0.25) is 0 Å². The summed E-state index contributed by atoms with van der Waals surface area (Å²) in [5.41, 5.74) is 6.29. The first-order valence-corrected chi connectivity index (χ1v) is 14.4. The SMILES string of the molecule is C1=CC(Nc2ccc(-c3cc4ccccc4c4ccccc34)cc2)CC=C1c1c2ccccc2cc2ccccc12. The van der Waals surface area contributed by atoms with Crippen LogP contribution in [0.3, 0.4) is 0 Å². The van der Waals surface area contributed by atoms with Crippen LogP contribution in [0.15, 0.2) is 152 Å². The van der Waals surface area contributed by atoms with Crippen LogP contribution in [0.1, 0.15) is 12.0 Å². The van der Waals surface area contributed by atoms with Crippen molar-refractivity contribution in [2.45, 2.75) is 12.5 Å². The Bertz CT molecular complexity index is 2090. The summed E-state index contributed by atoms with van der Waals surface area (Å²) < 4.78 is 0. The fourth-order valence-electron chi connectivity index (χ4n) is 6.49. The first-order valence-electron chi connectivity index (χ1n) is 14.4. The van der Waals surface area contributed by atoms with E-state index in [0.717, 1.165) is 12.1 Å². The molecule has 0 aromatic heterocycles. The molecule has 8 rings (SSSR count). The Kier molecular flexibility index (Phi) is 5.67. The van der Waals surface area contributed by atoms with Crippen molar-refractivity contribution in [3.05, 3.63) is 157 Å². The van der Waals surface area contributed by atoms with Crippen molar-refractivity contribution in [1.29, 1.82) is 0 Å². The fourth-order valence-corrected chi connectivity index (χ4v) is 6.49. The highest BCUT2D eigenvalue weighted by Crippen LogP contribution is 2.37. The van der Waals surface area contributed by atoms with Crippen LogP contribution in [-0.2, 0) is 0 Å². The predicted octanol–water partition coefficient (Wildman–Crippen LogP) is 10.8. The molecule has 7 aromatic rings. The van der Waals surface area contributed by atoms with Gasteiger partial charge in [0.1, 0.15) is 0 Å². The standard InChI is InChI=1S/C40H29N/c1-4-12-34-31(11-1)26-39(38-16-8-7-15-37(34)38)27-17-21-32(22-18-27)41-33-23-19-28(20-24-33)40-35-13-5-2-9-29(35)25-30-10-3-6-14-36(30)40/h1-23,25-26,33,41H,24H2. The van der Waals surface area contributed by atoms with E-state index in [-0.39, 0.29) is 6.04 Å². The third kappa shape index (κ3) is 4.18. The van der Waals surface area contributed by atoms with Gasteiger partial charge in [-0.3, -0.25) is 0 Å². The lowest BCUT2D eigenvalue weighted by molar-refractivity contribution is 0.886. The highest BCUT2D eigenvalue weighted by atomic mass is 14.9. The number of hydrogen-bond acceptors (Lipinski definition) is 1. The molecule has 0 spiro atoms. The zero-order chi connectivity index (χ0) is 27.2. The third-order valence-corrected chi connectivity index (χ3v) is 8.48. The first kappa shape index (κ1) is 23.7. The van der Waals surface area contributed by atoms with Crippen LogP contribution in [-0.4, -0.2) is 6.04 Å². The fraction of sp³-hybridized carbons (Fsp3) is 0.0500. The quantitative estimate of drug-likeness (QED) is 0.179. The maximum absolute atomic E-state index is 3.74. The van der Waals surface area contributed by atoms with Gasteiger partial charge in [-0.25, -0.2) is 0 Å². The molecular weight excluding hydrogens is 494 g/mol. The van der Waals surface area contributed by atoms with Crippen molar-refractivity contribution < 1.29 is 0 Å². The summed E-state index contributed by atoms with van der Waals surface area (Å²) >= 11 is 0. The van der Waals surface area contributed by atoms with E-state index in [2.05, 4.69) is 157 Å². The molecule has 1 nitrogen and oxygen atoms in total. The molecule has 0 heterocycles. The number of allylic oxidation sites excluding steroid dienone is 2. The van der Waals surface area contributed by atoms with E-state index in [0.29, 0.717) is 0 Å². The van der Waals surface area contributed by atoms with Crippen molar-refractivity contribution >= 4 is 54.4 Å². The molecular formula is C40H29N. The molecule has 1 aliphatic carbocycles. The summed E-state index contributed by atoms with van der Waals surface area (Å²) in [4.78, 5) is 0. The van der Waals surface area contributed by atoms with Crippen molar-refractivity contribution in [1.82, 2.24) is 0 Å². The van der Waals surface area contributed by atoms with Gasteiger partial charge in [0.25, 0.3) is 0 Å². The van der Waals surface area contributed by atoms with E-state index in [1.165, 1.54) is 65.4 Å². The second-order valence-electron chi connectivity index (χ2n) is 11.0. The predicted molar refractivity (Wildman–Crippen MR) is 177 cm³/mol. The van der Waals surface area contributed by atoms with Gasteiger partial charge >= 0.3 is 0 Å². The molecule has 194 valence electrons. The summed E-state index contributed by atoms with van der Waals surface area (Å²) in [6.07, 6.45) is 7.95. The average molecular weight is 524 g/mol. The van der Waals surface area contributed by atoms with Crippen LogP contribution < -0.4 is 5.32 Å². The van der Waals surface area contributed by atoms with Crippen LogP contribution >= 0.6 is 0 Å². The summed E-state index contributed by atoms with van der Waals surface area (Å²) in [5.74, 6) is 0. The van der Waals surface area contributed by atoms with Gasteiger partial charge in [-0.1, -0.05) is 127 Å². The number of anilines is 1. The van der Waals surface area contributed by atoms with Gasteiger partial charge in [-0.15, -0.1) is 0 Å². The summed E-state index contributed by atoms with van der Waals surface area (Å²) in [5, 5.41) is 14.1. The Labute approximate surface area is 240 Å². The van der Waals surface area contributed by atoms with E-state index in [9.17, 15) is 0 Å². The van der Waals surface area contributed by atoms with E-state index in [4.69, 9.17) is 0 Å². The maximum Gasteiger partial charge on any atom is 0.0482 e. The van der Waals surface area contributed by atoms with Gasteiger partial charge < -0.3 is 5.32 Å². The lowest BCUT2D eigenvalue weighted by Gasteiger charge is -2.21. The van der Waals surface area contributed by atoms with E-state index in [1.54, 1.807) is 0 Å². The Morgan fingerprint density at radius 3 is 1.71 bits per heavy atom. The molecule has 41 heavy (non-hydrogen) atoms. The van der Waals surface area contributed by atoms with Crippen molar-refractivity contribution in [3.63, 3.8) is 0 Å². The molecule has 1 unspecified atom stereocenters. The minimum atomic E-state index is 0.257. The Hall–Kier alpha value is -5.14. The number of rotatable bonds is 4. The van der Waals surface area contributed by atoms with Crippen LogP contribution in [0.5, 0.6) is 0 Å². The number of fused-ring (bicyclic) bond motifs is 5. The minimum absolute atomic E-state index is 0.257. The van der Waals surface area contributed by atoms with Crippen molar-refractivity contribution in [3.8, 4) is 11.1 Å². The van der Waals surface area contributed by atoms with Gasteiger partial charge in [0.15, 0.2) is 0 Å². The molecule has 1 heteroatoms. The topological polar surface area (TPSA) is 12.0 Å². The molecule has 0 aliphatic heterocycles. The molecule has 0 amide bonds. The molecule has 1 atom stereocenters. The Morgan fingerprint density at radius 2 is 1.07 bits per heavy atom. The summed E-state index contributed by atoms with van der Waals surface area (Å²) in [6, 6.07) is 48.7. The number of nitrogens with one attached hydrogen (secondary N) is 1. The molecule has 0 saturated heterocycles. The highest BCUT2D eigenvalue weighted by molar-refractivity contribution is 6.14. The summed E-state index contributed by atoms with van der Waals surface area (Å²) in [6.45, 7) is 0. The number of benzene rings is 7. The van der Waals surface area contributed by atoms with Gasteiger partial charge in [0.05, 0.1) is 0 Å². The zero-order valence-corrected chi connectivity index (χ0v) is 22.7.